The minimum absolute atomic E-state index is 0.665. The summed E-state index contributed by atoms with van der Waals surface area (Å²) in [6.07, 6.45) is 2.61. The molecule has 5 heteroatoms. The molecule has 0 aliphatic carbocycles. The van der Waals surface area contributed by atoms with E-state index in [4.69, 9.17) is 4.74 Å². The van der Waals surface area contributed by atoms with Crippen LogP contribution in [0.15, 0.2) is 48.8 Å². The van der Waals surface area contributed by atoms with E-state index in [9.17, 15) is 0 Å². The van der Waals surface area contributed by atoms with Crippen LogP contribution in [0.25, 0.3) is 21.3 Å². The van der Waals surface area contributed by atoms with E-state index in [0.717, 1.165) is 39.5 Å². The minimum atomic E-state index is 0.665. The molecule has 0 spiro atoms. The SMILES string of the molecule is CCOc1ccc(-c2c(C)sc3ncnc(Nc4c(C)cccc4CC)c23)cc1. The molecule has 4 nitrogen and oxygen atoms in total. The Morgan fingerprint density at radius 2 is 1.79 bits per heavy atom. The monoisotopic (exact) mass is 403 g/mol. The van der Waals surface area contributed by atoms with Crippen molar-refractivity contribution in [1.29, 1.82) is 0 Å². The zero-order chi connectivity index (χ0) is 20.4. The second-order valence-electron chi connectivity index (χ2n) is 6.98. The third-order valence-electron chi connectivity index (χ3n) is 5.10. The topological polar surface area (TPSA) is 47.0 Å². The quantitative estimate of drug-likeness (QED) is 0.390. The second kappa shape index (κ2) is 8.21. The number of anilines is 2. The van der Waals surface area contributed by atoms with Gasteiger partial charge in [0.05, 0.1) is 12.0 Å². The molecule has 4 rings (SSSR count). The van der Waals surface area contributed by atoms with Crippen LogP contribution in [-0.4, -0.2) is 16.6 Å². The van der Waals surface area contributed by atoms with E-state index in [2.05, 4.69) is 66.4 Å². The third-order valence-corrected chi connectivity index (χ3v) is 6.11. The van der Waals surface area contributed by atoms with Gasteiger partial charge >= 0.3 is 0 Å². The Morgan fingerprint density at radius 3 is 2.52 bits per heavy atom. The van der Waals surface area contributed by atoms with Gasteiger partial charge in [-0.25, -0.2) is 9.97 Å². The van der Waals surface area contributed by atoms with Gasteiger partial charge < -0.3 is 10.1 Å². The van der Waals surface area contributed by atoms with Crippen molar-refractivity contribution in [2.24, 2.45) is 0 Å². The first-order valence-electron chi connectivity index (χ1n) is 9.95. The highest BCUT2D eigenvalue weighted by molar-refractivity contribution is 7.19. The highest BCUT2D eigenvalue weighted by Crippen LogP contribution is 2.41. The number of rotatable bonds is 6. The van der Waals surface area contributed by atoms with Crippen molar-refractivity contribution in [3.05, 3.63) is 64.8 Å². The van der Waals surface area contributed by atoms with Crippen LogP contribution >= 0.6 is 11.3 Å². The van der Waals surface area contributed by atoms with Crippen molar-refractivity contribution < 1.29 is 4.74 Å². The van der Waals surface area contributed by atoms with Crippen LogP contribution in [0, 0.1) is 13.8 Å². The van der Waals surface area contributed by atoms with Gasteiger partial charge in [-0.3, -0.25) is 0 Å². The van der Waals surface area contributed by atoms with Gasteiger partial charge in [-0.1, -0.05) is 37.3 Å². The summed E-state index contributed by atoms with van der Waals surface area (Å²) in [6.45, 7) is 9.11. The van der Waals surface area contributed by atoms with Crippen LogP contribution in [-0.2, 0) is 6.42 Å². The number of hydrogen-bond acceptors (Lipinski definition) is 5. The Hall–Kier alpha value is -2.92. The van der Waals surface area contributed by atoms with Crippen molar-refractivity contribution in [3.63, 3.8) is 0 Å². The van der Waals surface area contributed by atoms with Gasteiger partial charge in [-0.2, -0.15) is 0 Å². The lowest BCUT2D eigenvalue weighted by atomic mass is 10.0. The van der Waals surface area contributed by atoms with E-state index in [1.54, 1.807) is 17.7 Å². The molecule has 0 fully saturated rings. The maximum Gasteiger partial charge on any atom is 0.143 e. The number of aromatic nitrogens is 2. The summed E-state index contributed by atoms with van der Waals surface area (Å²) < 4.78 is 5.60. The molecule has 0 unspecified atom stereocenters. The lowest BCUT2D eigenvalue weighted by molar-refractivity contribution is 0.340. The molecular weight excluding hydrogens is 378 g/mol. The smallest absolute Gasteiger partial charge is 0.143 e. The van der Waals surface area contributed by atoms with Gasteiger partial charge in [-0.05, 0) is 56.0 Å². The van der Waals surface area contributed by atoms with Crippen molar-refractivity contribution in [2.45, 2.75) is 34.1 Å². The number of nitrogens with one attached hydrogen (secondary N) is 1. The number of benzene rings is 2. The lowest BCUT2D eigenvalue weighted by Gasteiger charge is -2.15. The summed E-state index contributed by atoms with van der Waals surface area (Å²) in [4.78, 5) is 11.4. The normalized spacial score (nSPS) is 11.0. The Kier molecular flexibility index (Phi) is 5.49. The molecule has 0 aliphatic heterocycles. The van der Waals surface area contributed by atoms with Gasteiger partial charge in [0, 0.05) is 16.1 Å². The number of fused-ring (bicyclic) bond motifs is 1. The predicted molar refractivity (Wildman–Crippen MR) is 123 cm³/mol. The molecule has 2 aromatic carbocycles. The highest BCUT2D eigenvalue weighted by Gasteiger charge is 2.18. The van der Waals surface area contributed by atoms with E-state index < -0.39 is 0 Å². The van der Waals surface area contributed by atoms with E-state index in [1.165, 1.54) is 21.6 Å². The molecule has 0 atom stereocenters. The Bertz CT molecular complexity index is 1150. The fourth-order valence-electron chi connectivity index (χ4n) is 3.69. The summed E-state index contributed by atoms with van der Waals surface area (Å²) >= 11 is 1.70. The van der Waals surface area contributed by atoms with Gasteiger partial charge in [0.2, 0.25) is 0 Å². The fourth-order valence-corrected chi connectivity index (χ4v) is 4.70. The van der Waals surface area contributed by atoms with Gasteiger partial charge in [0.1, 0.15) is 22.7 Å². The molecule has 2 heterocycles. The third kappa shape index (κ3) is 3.70. The first kappa shape index (κ1) is 19.4. The molecule has 0 radical (unpaired) electrons. The summed E-state index contributed by atoms with van der Waals surface area (Å²) in [7, 11) is 0. The molecule has 2 aromatic heterocycles. The molecule has 148 valence electrons. The van der Waals surface area contributed by atoms with Crippen molar-refractivity contribution in [1.82, 2.24) is 9.97 Å². The van der Waals surface area contributed by atoms with Crippen molar-refractivity contribution in [2.75, 3.05) is 11.9 Å². The first-order chi connectivity index (χ1) is 14.1. The Labute approximate surface area is 175 Å². The van der Waals surface area contributed by atoms with Gasteiger partial charge in [-0.15, -0.1) is 11.3 Å². The van der Waals surface area contributed by atoms with Gasteiger partial charge in [0.25, 0.3) is 0 Å². The summed E-state index contributed by atoms with van der Waals surface area (Å²) in [5.74, 6) is 1.74. The standard InChI is InChI=1S/C24H25N3OS/c1-5-17-9-7-8-15(3)22(17)27-23-21-20(16(4)29-24(21)26-14-25-23)18-10-12-19(13-11-18)28-6-2/h7-14H,5-6H2,1-4H3,(H,25,26,27). The highest BCUT2D eigenvalue weighted by atomic mass is 32.1. The van der Waals surface area contributed by atoms with Crippen molar-refractivity contribution in [3.8, 4) is 16.9 Å². The number of ether oxygens (including phenoxy) is 1. The summed E-state index contributed by atoms with van der Waals surface area (Å²) in [5.41, 5.74) is 5.96. The summed E-state index contributed by atoms with van der Waals surface area (Å²) in [5, 5.41) is 4.69. The molecule has 1 N–H and O–H groups in total. The number of nitrogens with zero attached hydrogens (tertiary/aromatic N) is 2. The van der Waals surface area contributed by atoms with Crippen LogP contribution in [0.3, 0.4) is 0 Å². The minimum Gasteiger partial charge on any atom is -0.494 e. The Balaban J connectivity index is 1.85. The van der Waals surface area contributed by atoms with Crippen LogP contribution in [0.5, 0.6) is 5.75 Å². The summed E-state index contributed by atoms with van der Waals surface area (Å²) in [6, 6.07) is 14.7. The van der Waals surface area contributed by atoms with Crippen LogP contribution in [0.1, 0.15) is 29.9 Å². The number of para-hydroxylation sites is 1. The number of hydrogen-bond donors (Lipinski definition) is 1. The molecule has 0 aliphatic rings. The molecule has 0 saturated carbocycles. The molecule has 0 amide bonds. The van der Waals surface area contributed by atoms with Crippen LogP contribution in [0.2, 0.25) is 0 Å². The average Bonchev–Trinajstić information content (AvgIpc) is 3.07. The molecule has 29 heavy (non-hydrogen) atoms. The van der Waals surface area contributed by atoms with E-state index >= 15 is 0 Å². The largest absolute Gasteiger partial charge is 0.494 e. The van der Waals surface area contributed by atoms with E-state index in [1.807, 2.05) is 19.1 Å². The zero-order valence-corrected chi connectivity index (χ0v) is 18.1. The van der Waals surface area contributed by atoms with E-state index in [0.29, 0.717) is 6.61 Å². The number of aryl methyl sites for hydroxylation is 3. The van der Waals surface area contributed by atoms with Gasteiger partial charge in [0.15, 0.2) is 0 Å². The lowest BCUT2D eigenvalue weighted by Crippen LogP contribution is -2.01. The predicted octanol–water partition coefficient (Wildman–Crippen LogP) is 6.68. The first-order valence-corrected chi connectivity index (χ1v) is 10.8. The van der Waals surface area contributed by atoms with E-state index in [-0.39, 0.29) is 0 Å². The second-order valence-corrected chi connectivity index (χ2v) is 8.18. The maximum atomic E-state index is 5.60. The maximum absolute atomic E-state index is 5.60. The number of thiophene rings is 1. The fraction of sp³-hybridized carbons (Fsp3) is 0.250. The molecular formula is C24H25N3OS. The van der Waals surface area contributed by atoms with Crippen LogP contribution < -0.4 is 10.1 Å². The van der Waals surface area contributed by atoms with Crippen molar-refractivity contribution >= 4 is 33.1 Å². The zero-order valence-electron chi connectivity index (χ0n) is 17.2. The van der Waals surface area contributed by atoms with Crippen LogP contribution in [0.4, 0.5) is 11.5 Å². The molecule has 4 aromatic rings. The average molecular weight is 404 g/mol. The molecule has 0 saturated heterocycles. The molecule has 0 bridgehead atoms. The Morgan fingerprint density at radius 1 is 1.00 bits per heavy atom.